The highest BCUT2D eigenvalue weighted by atomic mass is 79.9. The minimum absolute atomic E-state index is 0.250. The molecule has 0 heterocycles. The largest absolute Gasteiger partial charge is 0.361 e. The Hall–Kier alpha value is -1.21. The second-order valence-electron chi connectivity index (χ2n) is 4.99. The second-order valence-corrected chi connectivity index (χ2v) is 7.98. The van der Waals surface area contributed by atoms with Crippen LogP contribution in [0.15, 0.2) is 65.6 Å². The molecule has 0 aliphatic rings. The maximum absolute atomic E-state index is 12.8. The first-order valence-corrected chi connectivity index (χ1v) is 9.67. The van der Waals surface area contributed by atoms with Crippen LogP contribution in [0.5, 0.6) is 0 Å². The van der Waals surface area contributed by atoms with Gasteiger partial charge < -0.3 is 4.74 Å². The quantitative estimate of drug-likeness (QED) is 0.527. The number of sulfonamides is 1. The van der Waals surface area contributed by atoms with E-state index in [9.17, 15) is 8.42 Å². The highest BCUT2D eigenvalue weighted by Gasteiger charge is 2.33. The predicted octanol–water partition coefficient (Wildman–Crippen LogP) is 3.81. The molecule has 2 rings (SSSR count). The normalized spacial score (nSPS) is 14.6. The van der Waals surface area contributed by atoms with Gasteiger partial charge in [0, 0.05) is 13.7 Å². The summed E-state index contributed by atoms with van der Waals surface area (Å²) in [5.74, 6) is 0. The highest BCUT2D eigenvalue weighted by Crippen LogP contribution is 2.32. The number of ether oxygens (including phenoxy) is 1. The van der Waals surface area contributed by atoms with Crippen LogP contribution < -0.4 is 0 Å². The first kappa shape index (κ1) is 18.1. The van der Waals surface area contributed by atoms with Crippen molar-refractivity contribution in [3.8, 4) is 0 Å². The van der Waals surface area contributed by atoms with Crippen LogP contribution in [0.2, 0.25) is 0 Å². The summed E-state index contributed by atoms with van der Waals surface area (Å²) in [7, 11) is -2.09. The number of hydrogen-bond acceptors (Lipinski definition) is 3. The van der Waals surface area contributed by atoms with Gasteiger partial charge >= 0.3 is 0 Å². The molecule has 6 heteroatoms. The Balaban J connectivity index is 2.33. The molecule has 0 spiro atoms. The molecule has 2 aromatic rings. The Morgan fingerprint density at radius 1 is 1.04 bits per heavy atom. The number of nitrogens with zero attached hydrogens (tertiary/aromatic N) is 1. The van der Waals surface area contributed by atoms with Gasteiger partial charge in [0.25, 0.3) is 0 Å². The van der Waals surface area contributed by atoms with Gasteiger partial charge in [0.2, 0.25) is 10.0 Å². The Bertz CT molecular complexity index is 707. The van der Waals surface area contributed by atoms with E-state index in [0.717, 1.165) is 5.56 Å². The van der Waals surface area contributed by atoms with E-state index in [1.54, 1.807) is 37.4 Å². The van der Waals surface area contributed by atoms with Crippen molar-refractivity contribution in [1.82, 2.24) is 4.31 Å². The van der Waals surface area contributed by atoms with Crippen molar-refractivity contribution >= 4 is 26.0 Å². The number of likely N-dealkylation sites (N-methyl/N-ethyl adjacent to an activating group) is 1. The van der Waals surface area contributed by atoms with E-state index in [-0.39, 0.29) is 9.72 Å². The Kier molecular flexibility index (Phi) is 6.35. The van der Waals surface area contributed by atoms with Crippen LogP contribution >= 0.6 is 15.9 Å². The fraction of sp³-hybridized carbons (Fsp3) is 0.294. The fourth-order valence-corrected chi connectivity index (χ4v) is 4.50. The zero-order valence-electron chi connectivity index (χ0n) is 13.1. The maximum Gasteiger partial charge on any atom is 0.245 e. The molecule has 2 aromatic carbocycles. The Labute approximate surface area is 146 Å². The van der Waals surface area contributed by atoms with Crippen molar-refractivity contribution < 1.29 is 13.2 Å². The summed E-state index contributed by atoms with van der Waals surface area (Å²) < 4.78 is 32.6. The van der Waals surface area contributed by atoms with Crippen LogP contribution in [0.1, 0.15) is 17.3 Å². The third-order valence-corrected chi connectivity index (χ3v) is 6.30. The minimum Gasteiger partial charge on any atom is -0.361 e. The first-order chi connectivity index (χ1) is 11.0. The van der Waals surface area contributed by atoms with E-state index in [4.69, 9.17) is 4.74 Å². The Morgan fingerprint density at radius 3 is 2.09 bits per heavy atom. The van der Waals surface area contributed by atoms with Gasteiger partial charge in [-0.3, -0.25) is 0 Å². The van der Waals surface area contributed by atoms with E-state index < -0.39 is 16.3 Å². The molecular formula is C17H20BrNO3S. The smallest absolute Gasteiger partial charge is 0.245 e. The van der Waals surface area contributed by atoms with Gasteiger partial charge in [-0.15, -0.1) is 0 Å². The third kappa shape index (κ3) is 4.20. The van der Waals surface area contributed by atoms with Crippen LogP contribution in [0.4, 0.5) is 0 Å². The number of rotatable bonds is 7. The molecule has 4 nitrogen and oxygen atoms in total. The summed E-state index contributed by atoms with van der Waals surface area (Å²) >= 11 is 3.59. The molecule has 0 saturated heterocycles. The average Bonchev–Trinajstić information content (AvgIpc) is 2.60. The minimum atomic E-state index is -3.64. The summed E-state index contributed by atoms with van der Waals surface area (Å²) in [4.78, 5) is -0.0212. The fourth-order valence-electron chi connectivity index (χ4n) is 2.24. The monoisotopic (exact) mass is 397 g/mol. The van der Waals surface area contributed by atoms with Gasteiger partial charge in [-0.05, 0) is 24.6 Å². The topological polar surface area (TPSA) is 46.6 Å². The molecule has 0 aliphatic heterocycles. The van der Waals surface area contributed by atoms with E-state index in [0.29, 0.717) is 6.61 Å². The van der Waals surface area contributed by atoms with Crippen molar-refractivity contribution in [3.05, 3.63) is 66.2 Å². The first-order valence-electron chi connectivity index (χ1n) is 7.32. The molecule has 124 valence electrons. The molecule has 0 saturated carbocycles. The molecule has 0 fully saturated rings. The number of alkyl halides is 1. The van der Waals surface area contributed by atoms with Crippen LogP contribution in [0, 0.1) is 0 Å². The Morgan fingerprint density at radius 2 is 1.57 bits per heavy atom. The predicted molar refractivity (Wildman–Crippen MR) is 94.9 cm³/mol. The lowest BCUT2D eigenvalue weighted by molar-refractivity contribution is -0.00321. The average molecular weight is 398 g/mol. The summed E-state index contributed by atoms with van der Waals surface area (Å²) in [6, 6.07) is 18.0. The SMILES string of the molecule is CCO[C@H]([C@H](Br)c1ccccc1)N(C)S(=O)(=O)c1ccccc1. The second kappa shape index (κ2) is 8.06. The van der Waals surface area contributed by atoms with Gasteiger partial charge in [-0.1, -0.05) is 64.5 Å². The summed E-state index contributed by atoms with van der Waals surface area (Å²) in [5.41, 5.74) is 0.959. The molecule has 0 bridgehead atoms. The lowest BCUT2D eigenvalue weighted by Crippen LogP contribution is -2.41. The van der Waals surface area contributed by atoms with Gasteiger partial charge in [0.05, 0.1) is 9.72 Å². The van der Waals surface area contributed by atoms with E-state index in [1.165, 1.54) is 4.31 Å². The summed E-state index contributed by atoms with van der Waals surface area (Å²) in [6.07, 6.45) is -0.646. The van der Waals surface area contributed by atoms with Crippen molar-refractivity contribution in [2.24, 2.45) is 0 Å². The highest BCUT2D eigenvalue weighted by molar-refractivity contribution is 9.09. The van der Waals surface area contributed by atoms with Crippen molar-refractivity contribution in [2.45, 2.75) is 22.9 Å². The lowest BCUT2D eigenvalue weighted by Gasteiger charge is -2.31. The lowest BCUT2D eigenvalue weighted by atomic mass is 10.1. The number of halogens is 1. The number of hydrogen-bond donors (Lipinski definition) is 0. The van der Waals surface area contributed by atoms with Crippen molar-refractivity contribution in [2.75, 3.05) is 13.7 Å². The molecular weight excluding hydrogens is 378 g/mol. The van der Waals surface area contributed by atoms with Crippen LogP contribution in [-0.2, 0) is 14.8 Å². The van der Waals surface area contributed by atoms with E-state index >= 15 is 0 Å². The molecule has 0 aliphatic carbocycles. The zero-order valence-corrected chi connectivity index (χ0v) is 15.5. The molecule has 2 atom stereocenters. The molecule has 0 amide bonds. The van der Waals surface area contributed by atoms with Crippen LogP contribution in [-0.4, -0.2) is 32.6 Å². The molecule has 0 unspecified atom stereocenters. The van der Waals surface area contributed by atoms with Gasteiger partial charge in [-0.25, -0.2) is 8.42 Å². The summed E-state index contributed by atoms with van der Waals surface area (Å²) in [5, 5.41) is 0. The van der Waals surface area contributed by atoms with Crippen molar-refractivity contribution in [3.63, 3.8) is 0 Å². The standard InChI is InChI=1S/C17H20BrNO3S/c1-3-22-17(16(18)14-10-6-4-7-11-14)19(2)23(20,21)15-12-8-5-9-13-15/h4-13,16-17H,3H2,1-2H3/t16-,17-/m1/s1. The molecule has 23 heavy (non-hydrogen) atoms. The van der Waals surface area contributed by atoms with Gasteiger partial charge in [0.1, 0.15) is 6.23 Å². The molecule has 0 N–H and O–H groups in total. The van der Waals surface area contributed by atoms with E-state index in [2.05, 4.69) is 15.9 Å². The van der Waals surface area contributed by atoms with Gasteiger partial charge in [-0.2, -0.15) is 4.31 Å². The van der Waals surface area contributed by atoms with Crippen LogP contribution in [0.3, 0.4) is 0 Å². The van der Waals surface area contributed by atoms with Crippen LogP contribution in [0.25, 0.3) is 0 Å². The number of benzene rings is 2. The zero-order chi connectivity index (χ0) is 16.9. The van der Waals surface area contributed by atoms with E-state index in [1.807, 2.05) is 37.3 Å². The van der Waals surface area contributed by atoms with Crippen molar-refractivity contribution in [1.29, 1.82) is 0 Å². The summed E-state index contributed by atoms with van der Waals surface area (Å²) in [6.45, 7) is 2.26. The third-order valence-electron chi connectivity index (χ3n) is 3.48. The van der Waals surface area contributed by atoms with Gasteiger partial charge in [0.15, 0.2) is 0 Å². The molecule has 0 radical (unpaired) electrons. The molecule has 0 aromatic heterocycles. The maximum atomic E-state index is 12.8.